The molecule has 2 aromatic rings. The van der Waals surface area contributed by atoms with Crippen molar-refractivity contribution in [2.45, 2.75) is 45.3 Å². The smallest absolute Gasteiger partial charge is 0.472 e. The largest absolute Gasteiger partial charge is 0.479 e. The van der Waals surface area contributed by atoms with E-state index in [2.05, 4.69) is 21.5 Å². The number of hydrogen-bond acceptors (Lipinski definition) is 11. The minimum atomic E-state index is -4.40. The monoisotopic (exact) mass is 501 g/mol. The van der Waals surface area contributed by atoms with E-state index in [1.807, 2.05) is 11.5 Å². The molecular weight excluding hydrogens is 469 g/mol. The van der Waals surface area contributed by atoms with Gasteiger partial charge in [-0.25, -0.2) is 9.55 Å². The number of ether oxygens (including phenoxy) is 4. The Kier molecular flexibility index (Phi) is 8.63. The lowest BCUT2D eigenvalue weighted by atomic mass is 9.88. The molecule has 34 heavy (non-hydrogen) atoms. The molecule has 190 valence electrons. The summed E-state index contributed by atoms with van der Waals surface area (Å²) in [7, 11) is -1.50. The summed E-state index contributed by atoms with van der Waals surface area (Å²) in [5, 5.41) is 0. The van der Waals surface area contributed by atoms with Crippen LogP contribution in [0.4, 0.5) is 5.95 Å². The summed E-state index contributed by atoms with van der Waals surface area (Å²) >= 11 is 0. The molecule has 1 fully saturated rings. The third-order valence-corrected chi connectivity index (χ3v) is 6.71. The predicted molar refractivity (Wildman–Crippen MR) is 122 cm³/mol. The summed E-state index contributed by atoms with van der Waals surface area (Å²) < 4.78 is 46.2. The number of phosphoric acid groups is 1. The van der Waals surface area contributed by atoms with E-state index in [4.69, 9.17) is 33.7 Å². The number of aromatic nitrogens is 4. The number of nitrogens with zero attached hydrogens (tertiary/aromatic N) is 4. The second kappa shape index (κ2) is 11.1. The topological polar surface area (TPSA) is 162 Å². The van der Waals surface area contributed by atoms with Crippen LogP contribution in [0.3, 0.4) is 0 Å². The van der Waals surface area contributed by atoms with Crippen LogP contribution in [0.25, 0.3) is 11.2 Å². The molecule has 0 spiro atoms. The van der Waals surface area contributed by atoms with Crippen molar-refractivity contribution in [3.63, 3.8) is 0 Å². The predicted octanol–water partition coefficient (Wildman–Crippen LogP) is 2.08. The van der Waals surface area contributed by atoms with Gasteiger partial charge in [-0.1, -0.05) is 13.5 Å². The molecule has 4 unspecified atom stereocenters. The number of anilines is 1. The number of phosphoric ester groups is 1. The van der Waals surface area contributed by atoms with Gasteiger partial charge in [0.15, 0.2) is 17.5 Å². The maximum absolute atomic E-state index is 12.4. The highest BCUT2D eigenvalue weighted by molar-refractivity contribution is 7.47. The molecule has 0 aromatic carbocycles. The van der Waals surface area contributed by atoms with Gasteiger partial charge >= 0.3 is 7.82 Å². The number of rotatable bonds is 11. The Hall–Kier alpha value is -2.12. The van der Waals surface area contributed by atoms with Crippen molar-refractivity contribution in [1.29, 1.82) is 0 Å². The Labute approximate surface area is 197 Å². The van der Waals surface area contributed by atoms with Crippen LogP contribution in [-0.2, 0) is 27.8 Å². The van der Waals surface area contributed by atoms with Crippen LogP contribution in [0.2, 0.25) is 0 Å². The Bertz CT molecular complexity index is 1050. The Morgan fingerprint density at radius 2 is 2.15 bits per heavy atom. The van der Waals surface area contributed by atoms with E-state index in [1.165, 1.54) is 14.2 Å². The molecule has 0 bridgehead atoms. The van der Waals surface area contributed by atoms with Crippen LogP contribution in [0, 0.1) is 5.92 Å². The van der Waals surface area contributed by atoms with E-state index in [9.17, 15) is 9.46 Å². The molecule has 0 saturated carbocycles. The lowest BCUT2D eigenvalue weighted by molar-refractivity contribution is -0.169. The number of imidazole rings is 1. The zero-order valence-electron chi connectivity index (χ0n) is 19.9. The number of methoxy groups -OCH3 is 2. The van der Waals surface area contributed by atoms with Crippen molar-refractivity contribution in [2.24, 2.45) is 5.92 Å². The number of fused-ring (bicyclic) bond motifs is 1. The molecule has 2 aromatic heterocycles. The first-order chi connectivity index (χ1) is 16.1. The molecule has 3 N–H and O–H groups in total. The zero-order chi connectivity index (χ0) is 25.0. The highest BCUT2D eigenvalue weighted by Gasteiger charge is 2.37. The Balaban J connectivity index is 1.66. The van der Waals surface area contributed by atoms with Crippen LogP contribution in [0.5, 0.6) is 5.88 Å². The van der Waals surface area contributed by atoms with E-state index in [1.54, 1.807) is 20.2 Å². The van der Waals surface area contributed by atoms with Gasteiger partial charge in [-0.15, -0.1) is 0 Å². The molecular formula is C20H32N5O8P. The quantitative estimate of drug-likeness (QED) is 0.262. The molecule has 13 nitrogen and oxygen atoms in total. The number of nitrogen functional groups attached to an aromatic ring is 1. The first kappa shape index (κ1) is 26.5. The third-order valence-electron chi connectivity index (χ3n) is 5.64. The molecule has 0 amide bonds. The van der Waals surface area contributed by atoms with Crippen LogP contribution in [-0.4, -0.2) is 77.0 Å². The fourth-order valence-electron chi connectivity index (χ4n) is 3.79. The van der Waals surface area contributed by atoms with Crippen molar-refractivity contribution in [3.8, 4) is 5.88 Å². The van der Waals surface area contributed by atoms with Gasteiger partial charge in [0.2, 0.25) is 11.8 Å². The molecule has 3 heterocycles. The minimum Gasteiger partial charge on any atom is -0.479 e. The van der Waals surface area contributed by atoms with Gasteiger partial charge < -0.3 is 34.1 Å². The van der Waals surface area contributed by atoms with Crippen LogP contribution in [0.15, 0.2) is 18.5 Å². The first-order valence-electron chi connectivity index (χ1n) is 10.8. The molecule has 1 aliphatic heterocycles. The molecule has 1 saturated heterocycles. The summed E-state index contributed by atoms with van der Waals surface area (Å²) in [6.45, 7) is 9.83. The molecule has 0 aliphatic carbocycles. The molecule has 3 rings (SSSR count). The van der Waals surface area contributed by atoms with E-state index in [0.717, 1.165) is 0 Å². The minimum absolute atomic E-state index is 0.0635. The zero-order valence-corrected chi connectivity index (χ0v) is 20.8. The van der Waals surface area contributed by atoms with E-state index >= 15 is 0 Å². The van der Waals surface area contributed by atoms with E-state index < -0.39 is 26.3 Å². The summed E-state index contributed by atoms with van der Waals surface area (Å²) in [5.74, 6) is 0.243. The Morgan fingerprint density at radius 1 is 1.41 bits per heavy atom. The van der Waals surface area contributed by atoms with Crippen molar-refractivity contribution in [3.05, 3.63) is 18.5 Å². The molecule has 14 heteroatoms. The van der Waals surface area contributed by atoms with Crippen molar-refractivity contribution < 1.29 is 37.5 Å². The summed E-state index contributed by atoms with van der Waals surface area (Å²) in [6.07, 6.45) is -0.630. The van der Waals surface area contributed by atoms with Gasteiger partial charge in [-0.05, 0) is 19.4 Å². The lowest BCUT2D eigenvalue weighted by Gasteiger charge is -2.37. The normalized spacial score (nSPS) is 24.6. The van der Waals surface area contributed by atoms with Crippen molar-refractivity contribution in [1.82, 2.24) is 19.5 Å². The molecule has 1 aliphatic rings. The molecule has 6 atom stereocenters. The van der Waals surface area contributed by atoms with Crippen molar-refractivity contribution >= 4 is 24.9 Å². The lowest BCUT2D eigenvalue weighted by Crippen LogP contribution is -2.38. The van der Waals surface area contributed by atoms with Crippen molar-refractivity contribution in [2.75, 3.05) is 39.8 Å². The fourth-order valence-corrected chi connectivity index (χ4v) is 4.69. The van der Waals surface area contributed by atoms with Crippen LogP contribution >= 0.6 is 7.82 Å². The van der Waals surface area contributed by atoms with Gasteiger partial charge in [0.25, 0.3) is 0 Å². The first-order valence-corrected chi connectivity index (χ1v) is 12.3. The second-order valence-electron chi connectivity index (χ2n) is 7.80. The van der Waals surface area contributed by atoms with Crippen LogP contribution in [0.1, 0.15) is 26.8 Å². The Morgan fingerprint density at radius 3 is 2.79 bits per heavy atom. The van der Waals surface area contributed by atoms with E-state index in [0.29, 0.717) is 23.3 Å². The highest BCUT2D eigenvalue weighted by Crippen LogP contribution is 2.46. The summed E-state index contributed by atoms with van der Waals surface area (Å²) in [6, 6.07) is -0.196. The van der Waals surface area contributed by atoms with E-state index in [-0.39, 0.29) is 37.0 Å². The van der Waals surface area contributed by atoms with Crippen LogP contribution < -0.4 is 10.5 Å². The van der Waals surface area contributed by atoms with Gasteiger partial charge in [-0.3, -0.25) is 9.05 Å². The van der Waals surface area contributed by atoms with Gasteiger partial charge in [-0.2, -0.15) is 9.97 Å². The standard InChI is InChI=1S/C20H32N5O8P/c1-7-30-19(29-6)13(4)33-34(26,27)32-9-15-12(3)11(2)14(8-31-15)25-10-22-16-17(25)23-20(21)24-18(16)28-5/h10-11,13-15,19H,3,7-9H2,1-2,4-6H3,(H,26,27)(H2,21,23,24)/t11-,13-,14?,15?,19?/m1/s1. The van der Waals surface area contributed by atoms with Gasteiger partial charge in [0.05, 0.1) is 32.7 Å². The fraction of sp³-hybridized carbons (Fsp3) is 0.650. The number of nitrogens with two attached hydrogens (primary N) is 1. The molecule has 0 radical (unpaired) electrons. The van der Waals surface area contributed by atoms with Gasteiger partial charge in [0.1, 0.15) is 12.2 Å². The second-order valence-corrected chi connectivity index (χ2v) is 9.21. The maximum atomic E-state index is 12.4. The summed E-state index contributed by atoms with van der Waals surface area (Å²) in [5.41, 5.74) is 7.49. The average Bonchev–Trinajstić information content (AvgIpc) is 3.20. The third kappa shape index (κ3) is 5.74. The number of hydrogen-bond donors (Lipinski definition) is 2. The highest BCUT2D eigenvalue weighted by atomic mass is 31.2. The maximum Gasteiger partial charge on any atom is 0.472 e. The average molecular weight is 501 g/mol. The van der Waals surface area contributed by atoms with Gasteiger partial charge in [0, 0.05) is 19.6 Å². The SMILES string of the molecule is C=C1C(COP(=O)(O)O[C@H](C)C(OC)OCC)OCC(n2cnc3c(OC)nc(N)nc32)[C@@H]1C. The summed E-state index contributed by atoms with van der Waals surface area (Å²) in [4.78, 5) is 22.8.